The van der Waals surface area contributed by atoms with E-state index in [1.54, 1.807) is 0 Å². The molecule has 1 N–H and O–H groups in total. The van der Waals surface area contributed by atoms with Gasteiger partial charge in [-0.15, -0.1) is 0 Å². The standard InChI is InChI=1S/C11H20O2/c1-3-4-7-11(2,10(12)13)8-9-5-6-9/h9H,3-8H2,1-2H3,(H,12,13). The average molecular weight is 184 g/mol. The van der Waals surface area contributed by atoms with Crippen LogP contribution in [0.2, 0.25) is 0 Å². The Bertz CT molecular complexity index is 185. The topological polar surface area (TPSA) is 37.3 Å². The minimum atomic E-state index is -0.604. The average Bonchev–Trinajstić information content (AvgIpc) is 2.84. The molecule has 2 heteroatoms. The quantitative estimate of drug-likeness (QED) is 0.688. The van der Waals surface area contributed by atoms with Crippen LogP contribution in [-0.4, -0.2) is 11.1 Å². The normalized spacial score (nSPS) is 21.1. The number of rotatable bonds is 6. The summed E-state index contributed by atoms with van der Waals surface area (Å²) in [5.41, 5.74) is -0.447. The Morgan fingerprint density at radius 2 is 2.15 bits per heavy atom. The van der Waals surface area contributed by atoms with E-state index < -0.39 is 11.4 Å². The number of carboxylic acid groups (broad SMARTS) is 1. The first-order valence-corrected chi connectivity index (χ1v) is 5.32. The van der Waals surface area contributed by atoms with Crippen LogP contribution in [0.15, 0.2) is 0 Å². The van der Waals surface area contributed by atoms with E-state index >= 15 is 0 Å². The Balaban J connectivity index is 2.45. The van der Waals surface area contributed by atoms with Gasteiger partial charge in [-0.1, -0.05) is 32.6 Å². The summed E-state index contributed by atoms with van der Waals surface area (Å²) in [7, 11) is 0. The number of unbranched alkanes of at least 4 members (excludes halogenated alkanes) is 1. The lowest BCUT2D eigenvalue weighted by Gasteiger charge is -2.24. The van der Waals surface area contributed by atoms with Crippen LogP contribution in [-0.2, 0) is 4.79 Å². The van der Waals surface area contributed by atoms with Gasteiger partial charge >= 0.3 is 5.97 Å². The van der Waals surface area contributed by atoms with Gasteiger partial charge in [0.2, 0.25) is 0 Å². The molecular weight excluding hydrogens is 164 g/mol. The summed E-state index contributed by atoms with van der Waals surface area (Å²) < 4.78 is 0. The van der Waals surface area contributed by atoms with E-state index in [-0.39, 0.29) is 0 Å². The van der Waals surface area contributed by atoms with Crippen molar-refractivity contribution in [1.29, 1.82) is 0 Å². The second kappa shape index (κ2) is 4.12. The maximum atomic E-state index is 11.1. The Labute approximate surface area is 80.3 Å². The predicted molar refractivity (Wildman–Crippen MR) is 52.6 cm³/mol. The molecule has 1 saturated carbocycles. The van der Waals surface area contributed by atoms with Crippen LogP contribution in [0.5, 0.6) is 0 Å². The molecule has 0 saturated heterocycles. The third-order valence-electron chi connectivity index (χ3n) is 3.03. The van der Waals surface area contributed by atoms with E-state index in [0.717, 1.165) is 25.7 Å². The van der Waals surface area contributed by atoms with Crippen LogP contribution >= 0.6 is 0 Å². The number of aliphatic carboxylic acids is 1. The largest absolute Gasteiger partial charge is 0.481 e. The molecule has 0 aliphatic heterocycles. The summed E-state index contributed by atoms with van der Waals surface area (Å²) in [6.45, 7) is 4.02. The first kappa shape index (κ1) is 10.6. The first-order valence-electron chi connectivity index (χ1n) is 5.32. The number of hydrogen-bond acceptors (Lipinski definition) is 1. The molecule has 1 aliphatic carbocycles. The third-order valence-corrected chi connectivity index (χ3v) is 3.03. The maximum Gasteiger partial charge on any atom is 0.309 e. The van der Waals surface area contributed by atoms with Gasteiger partial charge in [0.25, 0.3) is 0 Å². The van der Waals surface area contributed by atoms with Gasteiger partial charge in [-0.2, -0.15) is 0 Å². The zero-order valence-corrected chi connectivity index (χ0v) is 8.68. The zero-order chi connectivity index (χ0) is 9.90. The van der Waals surface area contributed by atoms with E-state index in [1.807, 2.05) is 6.92 Å². The molecule has 0 bridgehead atoms. The van der Waals surface area contributed by atoms with Crippen molar-refractivity contribution in [3.05, 3.63) is 0 Å². The summed E-state index contributed by atoms with van der Waals surface area (Å²) >= 11 is 0. The fourth-order valence-electron chi connectivity index (χ4n) is 1.82. The van der Waals surface area contributed by atoms with E-state index in [9.17, 15) is 4.79 Å². The van der Waals surface area contributed by atoms with Crippen LogP contribution in [0, 0.1) is 11.3 Å². The van der Waals surface area contributed by atoms with E-state index in [2.05, 4.69) is 6.92 Å². The van der Waals surface area contributed by atoms with Gasteiger partial charge in [0, 0.05) is 0 Å². The molecule has 0 aromatic carbocycles. The van der Waals surface area contributed by atoms with Gasteiger partial charge < -0.3 is 5.11 Å². The van der Waals surface area contributed by atoms with Crippen molar-refractivity contribution in [2.24, 2.45) is 11.3 Å². The van der Waals surface area contributed by atoms with E-state index in [0.29, 0.717) is 5.92 Å². The molecular formula is C11H20O2. The highest BCUT2D eigenvalue weighted by molar-refractivity contribution is 5.74. The lowest BCUT2D eigenvalue weighted by Crippen LogP contribution is -2.28. The van der Waals surface area contributed by atoms with E-state index in [1.165, 1.54) is 12.8 Å². The summed E-state index contributed by atoms with van der Waals surface area (Å²) in [6.07, 6.45) is 6.35. The second-order valence-corrected chi connectivity index (χ2v) is 4.62. The van der Waals surface area contributed by atoms with Gasteiger partial charge in [0.05, 0.1) is 5.41 Å². The second-order valence-electron chi connectivity index (χ2n) is 4.62. The van der Waals surface area contributed by atoms with Crippen LogP contribution in [0.1, 0.15) is 52.4 Å². The van der Waals surface area contributed by atoms with Crippen LogP contribution in [0.3, 0.4) is 0 Å². The molecule has 0 radical (unpaired) electrons. The van der Waals surface area contributed by atoms with E-state index in [4.69, 9.17) is 5.11 Å². The lowest BCUT2D eigenvalue weighted by atomic mass is 9.80. The molecule has 1 atom stereocenters. The fourth-order valence-corrected chi connectivity index (χ4v) is 1.82. The number of carbonyl (C=O) groups is 1. The minimum absolute atomic E-state index is 0.447. The van der Waals surface area contributed by atoms with Gasteiger partial charge in [-0.3, -0.25) is 4.79 Å². The SMILES string of the molecule is CCCCC(C)(CC1CC1)C(=O)O. The summed E-state index contributed by atoms with van der Waals surface area (Å²) in [6, 6.07) is 0. The molecule has 2 nitrogen and oxygen atoms in total. The van der Waals surface area contributed by atoms with Crippen molar-refractivity contribution in [3.63, 3.8) is 0 Å². The van der Waals surface area contributed by atoms with Gasteiger partial charge in [0.15, 0.2) is 0 Å². The maximum absolute atomic E-state index is 11.1. The lowest BCUT2D eigenvalue weighted by molar-refractivity contribution is -0.149. The van der Waals surface area contributed by atoms with Crippen molar-refractivity contribution >= 4 is 5.97 Å². The van der Waals surface area contributed by atoms with Crippen LogP contribution in [0.25, 0.3) is 0 Å². The van der Waals surface area contributed by atoms with Gasteiger partial charge in [0.1, 0.15) is 0 Å². The molecule has 0 amide bonds. The Morgan fingerprint density at radius 1 is 1.54 bits per heavy atom. The monoisotopic (exact) mass is 184 g/mol. The number of hydrogen-bond donors (Lipinski definition) is 1. The highest BCUT2D eigenvalue weighted by atomic mass is 16.4. The molecule has 1 unspecified atom stereocenters. The molecule has 13 heavy (non-hydrogen) atoms. The summed E-state index contributed by atoms with van der Waals surface area (Å²) in [5, 5.41) is 9.14. The summed E-state index contributed by atoms with van der Waals surface area (Å²) in [5.74, 6) is 0.103. The van der Waals surface area contributed by atoms with Crippen molar-refractivity contribution in [2.45, 2.75) is 52.4 Å². The Morgan fingerprint density at radius 3 is 2.54 bits per heavy atom. The van der Waals surface area contributed by atoms with Crippen molar-refractivity contribution in [2.75, 3.05) is 0 Å². The van der Waals surface area contributed by atoms with Crippen molar-refractivity contribution < 1.29 is 9.90 Å². The smallest absolute Gasteiger partial charge is 0.309 e. The highest BCUT2D eigenvalue weighted by Gasteiger charge is 2.38. The molecule has 1 rings (SSSR count). The minimum Gasteiger partial charge on any atom is -0.481 e. The molecule has 0 aromatic rings. The number of carboxylic acids is 1. The summed E-state index contributed by atoms with van der Waals surface area (Å²) in [4.78, 5) is 11.1. The molecule has 0 aromatic heterocycles. The molecule has 0 spiro atoms. The predicted octanol–water partition coefficient (Wildman–Crippen LogP) is 3.07. The van der Waals surface area contributed by atoms with Crippen molar-refractivity contribution in [1.82, 2.24) is 0 Å². The Kier molecular flexibility index (Phi) is 3.34. The molecule has 76 valence electrons. The zero-order valence-electron chi connectivity index (χ0n) is 8.68. The van der Waals surface area contributed by atoms with Gasteiger partial charge in [-0.25, -0.2) is 0 Å². The molecule has 0 heterocycles. The van der Waals surface area contributed by atoms with Crippen LogP contribution < -0.4 is 0 Å². The van der Waals surface area contributed by atoms with Gasteiger partial charge in [-0.05, 0) is 25.7 Å². The Hall–Kier alpha value is -0.530. The fraction of sp³-hybridized carbons (Fsp3) is 0.909. The highest BCUT2D eigenvalue weighted by Crippen LogP contribution is 2.42. The molecule has 1 fully saturated rings. The molecule has 1 aliphatic rings. The van der Waals surface area contributed by atoms with Crippen LogP contribution in [0.4, 0.5) is 0 Å². The third kappa shape index (κ3) is 3.02. The first-order chi connectivity index (χ1) is 6.08. The van der Waals surface area contributed by atoms with Crippen molar-refractivity contribution in [3.8, 4) is 0 Å².